The molecule has 1 fully saturated rings. The van der Waals surface area contributed by atoms with Crippen molar-refractivity contribution in [2.45, 2.75) is 39.2 Å². The second-order valence-electron chi connectivity index (χ2n) is 6.66. The predicted molar refractivity (Wildman–Crippen MR) is 82.3 cm³/mol. The van der Waals surface area contributed by atoms with Gasteiger partial charge in [-0.2, -0.15) is 0 Å². The largest absolute Gasteiger partial charge is 0.392 e. The molecule has 1 aliphatic rings. The molecule has 1 aliphatic carbocycles. The fourth-order valence-corrected chi connectivity index (χ4v) is 3.55. The minimum Gasteiger partial charge on any atom is -0.392 e. The number of aliphatic hydroxyl groups excluding tert-OH is 1. The highest BCUT2D eigenvalue weighted by Gasteiger charge is 2.51. The summed E-state index contributed by atoms with van der Waals surface area (Å²) in [7, 11) is 0. The lowest BCUT2D eigenvalue weighted by molar-refractivity contribution is -0.385. The summed E-state index contributed by atoms with van der Waals surface area (Å²) in [6, 6.07) is 4.66. The second-order valence-corrected chi connectivity index (χ2v) is 7.10. The number of benzene rings is 1. The molecule has 2 rings (SSSR count). The number of nitrogens with two attached hydrogens (primary N) is 1. The summed E-state index contributed by atoms with van der Waals surface area (Å²) in [5.41, 5.74) is 5.76. The normalized spacial score (nSPS) is 27.8. The van der Waals surface area contributed by atoms with Crippen LogP contribution in [0.25, 0.3) is 0 Å². The topological polar surface area (TPSA) is 89.4 Å². The molecule has 21 heavy (non-hydrogen) atoms. The van der Waals surface area contributed by atoms with E-state index in [4.69, 9.17) is 17.3 Å². The van der Waals surface area contributed by atoms with Crippen LogP contribution in [0.15, 0.2) is 18.2 Å². The summed E-state index contributed by atoms with van der Waals surface area (Å²) in [5.74, 6) is 0. The second kappa shape index (κ2) is 5.55. The first-order valence-corrected chi connectivity index (χ1v) is 7.41. The molecule has 0 heterocycles. The van der Waals surface area contributed by atoms with Crippen LogP contribution >= 0.6 is 11.6 Å². The maximum Gasteiger partial charge on any atom is 0.274 e. The first-order chi connectivity index (χ1) is 9.72. The molecule has 1 saturated carbocycles. The lowest BCUT2D eigenvalue weighted by atomic mass is 9.74. The van der Waals surface area contributed by atoms with Crippen molar-refractivity contribution < 1.29 is 10.0 Å². The van der Waals surface area contributed by atoms with E-state index in [9.17, 15) is 15.2 Å². The van der Waals surface area contributed by atoms with Gasteiger partial charge >= 0.3 is 0 Å². The summed E-state index contributed by atoms with van der Waals surface area (Å²) in [4.78, 5) is 10.8. The van der Waals surface area contributed by atoms with E-state index in [1.165, 1.54) is 6.07 Å². The third kappa shape index (κ3) is 2.91. The standard InChI is InChI=1S/C15H21ClN2O3/c1-14(2)5-6-15(9-17,13(14)19)8-10-3-4-11(16)7-12(10)18(20)21/h3-4,7,13,19H,5-6,8-9,17H2,1-2H3. The van der Waals surface area contributed by atoms with Gasteiger partial charge in [0, 0.05) is 28.6 Å². The molecule has 0 radical (unpaired) electrons. The fourth-order valence-electron chi connectivity index (χ4n) is 3.38. The van der Waals surface area contributed by atoms with Crippen LogP contribution in [0, 0.1) is 20.9 Å². The Labute approximate surface area is 129 Å². The number of nitro benzene ring substituents is 1. The number of nitro groups is 1. The monoisotopic (exact) mass is 312 g/mol. The SMILES string of the molecule is CC1(C)CCC(CN)(Cc2ccc(Cl)cc2[N+](=O)[O-])C1O. The maximum absolute atomic E-state index is 11.2. The zero-order valence-corrected chi connectivity index (χ0v) is 13.1. The third-order valence-corrected chi connectivity index (χ3v) is 5.02. The number of rotatable bonds is 4. The summed E-state index contributed by atoms with van der Waals surface area (Å²) in [5, 5.41) is 22.2. The molecule has 0 aromatic heterocycles. The third-order valence-electron chi connectivity index (χ3n) is 4.78. The van der Waals surface area contributed by atoms with Crippen LogP contribution in [-0.4, -0.2) is 22.7 Å². The van der Waals surface area contributed by atoms with E-state index in [1.54, 1.807) is 12.1 Å². The van der Waals surface area contributed by atoms with Crippen LogP contribution < -0.4 is 5.73 Å². The van der Waals surface area contributed by atoms with Crippen LogP contribution in [0.4, 0.5) is 5.69 Å². The Bertz CT molecular complexity index is 562. The molecule has 0 amide bonds. The molecule has 3 N–H and O–H groups in total. The van der Waals surface area contributed by atoms with Gasteiger partial charge in [0.2, 0.25) is 0 Å². The minimum atomic E-state index is -0.578. The van der Waals surface area contributed by atoms with Crippen LogP contribution in [0.5, 0.6) is 0 Å². The molecule has 116 valence electrons. The molecule has 1 aromatic rings. The summed E-state index contributed by atoms with van der Waals surface area (Å²) < 4.78 is 0. The van der Waals surface area contributed by atoms with E-state index in [0.29, 0.717) is 23.6 Å². The Morgan fingerprint density at radius 2 is 2.14 bits per heavy atom. The van der Waals surface area contributed by atoms with Crippen molar-refractivity contribution in [2.75, 3.05) is 6.54 Å². The lowest BCUT2D eigenvalue weighted by Gasteiger charge is -2.36. The van der Waals surface area contributed by atoms with Gasteiger partial charge in [-0.05, 0) is 30.7 Å². The molecule has 1 aromatic carbocycles. The van der Waals surface area contributed by atoms with Crippen molar-refractivity contribution >= 4 is 17.3 Å². The minimum absolute atomic E-state index is 0.00719. The number of nitrogens with zero attached hydrogens (tertiary/aromatic N) is 1. The number of hydrogen-bond donors (Lipinski definition) is 2. The van der Waals surface area contributed by atoms with Gasteiger partial charge < -0.3 is 10.8 Å². The highest BCUT2D eigenvalue weighted by atomic mass is 35.5. The Hall–Kier alpha value is -1.17. The van der Waals surface area contributed by atoms with Gasteiger partial charge in [0.15, 0.2) is 0 Å². The average molecular weight is 313 g/mol. The molecule has 2 atom stereocenters. The quantitative estimate of drug-likeness (QED) is 0.660. The Morgan fingerprint density at radius 3 is 2.62 bits per heavy atom. The average Bonchev–Trinajstić information content (AvgIpc) is 2.65. The molecular formula is C15H21ClN2O3. The van der Waals surface area contributed by atoms with E-state index in [2.05, 4.69) is 0 Å². The first-order valence-electron chi connectivity index (χ1n) is 7.03. The van der Waals surface area contributed by atoms with Crippen molar-refractivity contribution in [1.29, 1.82) is 0 Å². The summed E-state index contributed by atoms with van der Waals surface area (Å²) in [6.07, 6.45) is 1.43. The van der Waals surface area contributed by atoms with E-state index in [1.807, 2.05) is 13.8 Å². The van der Waals surface area contributed by atoms with E-state index < -0.39 is 16.4 Å². The van der Waals surface area contributed by atoms with Crippen LogP contribution in [0.1, 0.15) is 32.3 Å². The molecule has 6 heteroatoms. The number of hydrogen-bond acceptors (Lipinski definition) is 4. The van der Waals surface area contributed by atoms with E-state index in [0.717, 1.165) is 12.8 Å². The van der Waals surface area contributed by atoms with Crippen LogP contribution in [0.3, 0.4) is 0 Å². The highest BCUT2D eigenvalue weighted by Crippen LogP contribution is 2.51. The van der Waals surface area contributed by atoms with Crippen molar-refractivity contribution in [1.82, 2.24) is 0 Å². The van der Waals surface area contributed by atoms with Gasteiger partial charge in [-0.3, -0.25) is 10.1 Å². The molecule has 5 nitrogen and oxygen atoms in total. The Morgan fingerprint density at radius 1 is 1.48 bits per heavy atom. The molecular weight excluding hydrogens is 292 g/mol. The number of halogens is 1. The number of aliphatic hydroxyl groups is 1. The van der Waals surface area contributed by atoms with Gasteiger partial charge in [-0.1, -0.05) is 31.5 Å². The van der Waals surface area contributed by atoms with E-state index in [-0.39, 0.29) is 11.1 Å². The first kappa shape index (κ1) is 16.2. The van der Waals surface area contributed by atoms with Gasteiger partial charge in [0.1, 0.15) is 0 Å². The molecule has 0 aliphatic heterocycles. The van der Waals surface area contributed by atoms with Crippen molar-refractivity contribution in [3.05, 3.63) is 38.9 Å². The predicted octanol–water partition coefficient (Wildman–Crippen LogP) is 2.92. The summed E-state index contributed by atoms with van der Waals surface area (Å²) in [6.45, 7) is 4.31. The van der Waals surface area contributed by atoms with Gasteiger partial charge in [-0.25, -0.2) is 0 Å². The Balaban J connectivity index is 2.39. The molecule has 0 bridgehead atoms. The van der Waals surface area contributed by atoms with Gasteiger partial charge in [0.05, 0.1) is 11.0 Å². The zero-order valence-electron chi connectivity index (χ0n) is 12.3. The lowest BCUT2D eigenvalue weighted by Crippen LogP contribution is -2.44. The zero-order chi connectivity index (χ0) is 15.8. The smallest absolute Gasteiger partial charge is 0.274 e. The van der Waals surface area contributed by atoms with Gasteiger partial charge in [-0.15, -0.1) is 0 Å². The summed E-state index contributed by atoms with van der Waals surface area (Å²) >= 11 is 5.84. The fraction of sp³-hybridized carbons (Fsp3) is 0.600. The highest BCUT2D eigenvalue weighted by molar-refractivity contribution is 6.30. The molecule has 0 spiro atoms. The molecule has 2 unspecified atom stereocenters. The van der Waals surface area contributed by atoms with Crippen molar-refractivity contribution in [3.8, 4) is 0 Å². The van der Waals surface area contributed by atoms with Crippen LogP contribution in [0.2, 0.25) is 5.02 Å². The van der Waals surface area contributed by atoms with Crippen molar-refractivity contribution in [3.63, 3.8) is 0 Å². The van der Waals surface area contributed by atoms with Crippen LogP contribution in [-0.2, 0) is 6.42 Å². The Kier molecular flexibility index (Phi) is 4.29. The van der Waals surface area contributed by atoms with E-state index >= 15 is 0 Å². The van der Waals surface area contributed by atoms with Crippen molar-refractivity contribution in [2.24, 2.45) is 16.6 Å². The molecule has 0 saturated heterocycles. The van der Waals surface area contributed by atoms with Gasteiger partial charge in [0.25, 0.3) is 5.69 Å². The maximum atomic E-state index is 11.2.